The highest BCUT2D eigenvalue weighted by molar-refractivity contribution is 5.91. The van der Waals surface area contributed by atoms with Crippen LogP contribution in [0, 0.1) is 6.92 Å². The molecule has 0 fully saturated rings. The van der Waals surface area contributed by atoms with Crippen molar-refractivity contribution in [1.82, 2.24) is 19.9 Å². The molecule has 2 aromatic rings. The molecule has 0 bridgehead atoms. The number of rotatable bonds is 4. The molecule has 1 atom stereocenters. The van der Waals surface area contributed by atoms with E-state index in [0.717, 1.165) is 17.5 Å². The number of carbonyl (C=O) groups excluding carboxylic acids is 1. The monoisotopic (exact) mass is 286 g/mol. The van der Waals surface area contributed by atoms with E-state index < -0.39 is 0 Å². The molecule has 0 aromatic carbocycles. The molecular weight excluding hydrogens is 268 g/mol. The molecule has 0 saturated carbocycles. The van der Waals surface area contributed by atoms with Crippen LogP contribution in [0.5, 0.6) is 0 Å². The Bertz CT molecular complexity index is 676. The topological polar surface area (TPSA) is 79.0 Å². The van der Waals surface area contributed by atoms with Gasteiger partial charge < -0.3 is 9.88 Å². The lowest BCUT2D eigenvalue weighted by Crippen LogP contribution is -2.37. The second-order valence-electron chi connectivity index (χ2n) is 5.09. The zero-order chi connectivity index (χ0) is 15.4. The van der Waals surface area contributed by atoms with Crippen LogP contribution in [0.15, 0.2) is 35.5 Å². The van der Waals surface area contributed by atoms with Crippen LogP contribution < -0.4 is 5.56 Å². The summed E-state index contributed by atoms with van der Waals surface area (Å²) in [5.74, 6) is -0.230. The molecular formula is C15H18N4O2. The van der Waals surface area contributed by atoms with Crippen LogP contribution in [0.25, 0.3) is 0 Å². The summed E-state index contributed by atoms with van der Waals surface area (Å²) in [4.78, 5) is 35.5. The molecule has 0 aliphatic carbocycles. The number of amides is 1. The third-order valence-electron chi connectivity index (χ3n) is 3.35. The summed E-state index contributed by atoms with van der Waals surface area (Å²) in [5.41, 5.74) is 1.98. The highest BCUT2D eigenvalue weighted by atomic mass is 16.2. The maximum absolute atomic E-state index is 12.3. The zero-order valence-electron chi connectivity index (χ0n) is 12.3. The molecule has 0 spiro atoms. The number of nitrogens with zero attached hydrogens (tertiary/aromatic N) is 3. The van der Waals surface area contributed by atoms with Crippen molar-refractivity contribution in [2.75, 3.05) is 7.05 Å². The summed E-state index contributed by atoms with van der Waals surface area (Å²) in [6, 6.07) is 3.92. The first-order valence-electron chi connectivity index (χ1n) is 6.71. The van der Waals surface area contributed by atoms with E-state index in [-0.39, 0.29) is 23.2 Å². The number of aryl methyl sites for hydroxylation is 1. The van der Waals surface area contributed by atoms with Crippen LogP contribution in [0.1, 0.15) is 28.7 Å². The molecule has 2 aromatic heterocycles. The summed E-state index contributed by atoms with van der Waals surface area (Å²) in [7, 11) is 1.72. The minimum Gasteiger partial charge on any atom is -0.337 e. The van der Waals surface area contributed by atoms with Crippen LogP contribution in [0.3, 0.4) is 0 Å². The van der Waals surface area contributed by atoms with E-state index in [0.29, 0.717) is 6.42 Å². The van der Waals surface area contributed by atoms with Gasteiger partial charge in [-0.05, 0) is 31.5 Å². The highest BCUT2D eigenvalue weighted by Gasteiger charge is 2.19. The molecule has 110 valence electrons. The van der Waals surface area contributed by atoms with Gasteiger partial charge in [0.05, 0.1) is 6.20 Å². The Kier molecular flexibility index (Phi) is 4.47. The number of pyridine rings is 1. The average Bonchev–Trinajstić information content (AvgIpc) is 2.46. The van der Waals surface area contributed by atoms with Crippen molar-refractivity contribution in [1.29, 1.82) is 0 Å². The fourth-order valence-corrected chi connectivity index (χ4v) is 1.99. The number of nitrogens with one attached hydrogen (secondary N) is 1. The Labute approximate surface area is 122 Å². The third kappa shape index (κ3) is 3.75. The lowest BCUT2D eigenvalue weighted by Gasteiger charge is -2.24. The lowest BCUT2D eigenvalue weighted by atomic mass is 10.1. The van der Waals surface area contributed by atoms with Gasteiger partial charge in [0, 0.05) is 37.6 Å². The number of H-pyrrole nitrogens is 1. The summed E-state index contributed by atoms with van der Waals surface area (Å²) in [6.45, 7) is 3.96. The number of aromatic nitrogens is 3. The molecule has 0 aliphatic rings. The van der Waals surface area contributed by atoms with Gasteiger partial charge in [0.1, 0.15) is 5.69 Å². The summed E-state index contributed by atoms with van der Waals surface area (Å²) >= 11 is 0. The van der Waals surface area contributed by atoms with Gasteiger partial charge >= 0.3 is 0 Å². The molecule has 2 rings (SSSR count). The number of aromatic amines is 1. The van der Waals surface area contributed by atoms with E-state index in [1.165, 1.54) is 6.20 Å². The third-order valence-corrected chi connectivity index (χ3v) is 3.35. The van der Waals surface area contributed by atoms with Gasteiger partial charge in [-0.1, -0.05) is 0 Å². The van der Waals surface area contributed by atoms with Crippen LogP contribution >= 0.6 is 0 Å². The van der Waals surface area contributed by atoms with Crippen molar-refractivity contribution in [2.45, 2.75) is 26.3 Å². The maximum Gasteiger partial charge on any atom is 0.273 e. The average molecular weight is 286 g/mol. The minimum atomic E-state index is -0.328. The Morgan fingerprint density at radius 2 is 2.19 bits per heavy atom. The number of hydrogen-bond donors (Lipinski definition) is 1. The van der Waals surface area contributed by atoms with Crippen molar-refractivity contribution in [3.05, 3.63) is 58.0 Å². The van der Waals surface area contributed by atoms with Crippen molar-refractivity contribution < 1.29 is 4.79 Å². The maximum atomic E-state index is 12.3. The van der Waals surface area contributed by atoms with Crippen LogP contribution in [-0.4, -0.2) is 38.8 Å². The van der Waals surface area contributed by atoms with E-state index in [9.17, 15) is 9.59 Å². The molecule has 1 N–H and O–H groups in total. The summed E-state index contributed by atoms with van der Waals surface area (Å²) in [6.07, 6.45) is 4.86. The molecule has 0 radical (unpaired) electrons. The predicted octanol–water partition coefficient (Wildman–Crippen LogP) is 1.18. The largest absolute Gasteiger partial charge is 0.337 e. The lowest BCUT2D eigenvalue weighted by molar-refractivity contribution is 0.0736. The van der Waals surface area contributed by atoms with Crippen LogP contribution in [0.2, 0.25) is 0 Å². The Morgan fingerprint density at radius 3 is 2.81 bits per heavy atom. The van der Waals surface area contributed by atoms with Gasteiger partial charge in [0.25, 0.3) is 11.5 Å². The molecule has 1 amide bonds. The molecule has 1 unspecified atom stereocenters. The van der Waals surface area contributed by atoms with Gasteiger partial charge in [-0.2, -0.15) is 0 Å². The fourth-order valence-electron chi connectivity index (χ4n) is 1.99. The Balaban J connectivity index is 2.08. The van der Waals surface area contributed by atoms with Gasteiger partial charge in [-0.15, -0.1) is 0 Å². The smallest absolute Gasteiger partial charge is 0.273 e. The number of carbonyl (C=O) groups is 1. The molecule has 21 heavy (non-hydrogen) atoms. The highest BCUT2D eigenvalue weighted by Crippen LogP contribution is 2.09. The van der Waals surface area contributed by atoms with Crippen molar-refractivity contribution in [3.63, 3.8) is 0 Å². The first-order valence-corrected chi connectivity index (χ1v) is 6.71. The SMILES string of the molecule is Cc1ccnc(CC(C)N(C)C(=O)c2c[nH]c(=O)cn2)c1. The van der Waals surface area contributed by atoms with E-state index in [4.69, 9.17) is 0 Å². The quantitative estimate of drug-likeness (QED) is 0.915. The molecule has 6 heteroatoms. The van der Waals surface area contributed by atoms with Crippen LogP contribution in [0.4, 0.5) is 0 Å². The van der Waals surface area contributed by atoms with Crippen molar-refractivity contribution >= 4 is 5.91 Å². The van der Waals surface area contributed by atoms with E-state index >= 15 is 0 Å². The first kappa shape index (κ1) is 14.9. The summed E-state index contributed by atoms with van der Waals surface area (Å²) < 4.78 is 0. The molecule has 0 aliphatic heterocycles. The first-order chi connectivity index (χ1) is 9.97. The Morgan fingerprint density at radius 1 is 1.43 bits per heavy atom. The fraction of sp³-hybridized carbons (Fsp3) is 0.333. The van der Waals surface area contributed by atoms with Gasteiger partial charge in [0.2, 0.25) is 0 Å². The predicted molar refractivity (Wildman–Crippen MR) is 79.1 cm³/mol. The van der Waals surface area contributed by atoms with E-state index in [2.05, 4.69) is 15.0 Å². The zero-order valence-corrected chi connectivity index (χ0v) is 12.3. The van der Waals surface area contributed by atoms with Crippen molar-refractivity contribution in [3.8, 4) is 0 Å². The summed E-state index contributed by atoms with van der Waals surface area (Å²) in [5, 5.41) is 0. The van der Waals surface area contributed by atoms with Gasteiger partial charge in [-0.25, -0.2) is 4.98 Å². The molecule has 2 heterocycles. The molecule has 0 saturated heterocycles. The van der Waals surface area contributed by atoms with E-state index in [1.54, 1.807) is 18.1 Å². The second-order valence-corrected chi connectivity index (χ2v) is 5.09. The van der Waals surface area contributed by atoms with Gasteiger partial charge in [0.15, 0.2) is 0 Å². The van der Waals surface area contributed by atoms with E-state index in [1.807, 2.05) is 26.0 Å². The standard InChI is InChI=1S/C15H18N4O2/c1-10-4-5-16-12(6-10)7-11(2)19(3)15(21)13-8-18-14(20)9-17-13/h4-6,8-9,11H,7H2,1-3H3,(H,18,20). The van der Waals surface area contributed by atoms with Crippen molar-refractivity contribution in [2.24, 2.45) is 0 Å². The molecule has 6 nitrogen and oxygen atoms in total. The normalized spacial score (nSPS) is 12.0. The minimum absolute atomic E-state index is 0.0273. The van der Waals surface area contributed by atoms with Crippen LogP contribution in [-0.2, 0) is 6.42 Å². The number of likely N-dealkylation sites (N-methyl/N-ethyl adjacent to an activating group) is 1. The van der Waals surface area contributed by atoms with Gasteiger partial charge in [-0.3, -0.25) is 14.6 Å². The Hall–Kier alpha value is -2.50. The second kappa shape index (κ2) is 6.30. The number of hydrogen-bond acceptors (Lipinski definition) is 4.